The molecule has 0 aliphatic carbocycles. The molecule has 0 fully saturated rings. The van der Waals surface area contributed by atoms with Crippen LogP contribution in [0.5, 0.6) is 0 Å². The number of benzene rings is 1. The highest BCUT2D eigenvalue weighted by Crippen LogP contribution is 2.21. The third-order valence-corrected chi connectivity index (χ3v) is 2.96. The Kier molecular flexibility index (Phi) is 4.56. The minimum Gasteiger partial charge on any atom is -0.299 e. The van der Waals surface area contributed by atoms with Gasteiger partial charge in [-0.05, 0) is 12.3 Å². The van der Waals surface area contributed by atoms with Crippen molar-refractivity contribution in [1.29, 1.82) is 0 Å². The average Bonchev–Trinajstić information content (AvgIpc) is 2.28. The van der Waals surface area contributed by atoms with Crippen molar-refractivity contribution in [2.45, 2.75) is 24.7 Å². The van der Waals surface area contributed by atoms with Crippen LogP contribution in [-0.2, 0) is 4.79 Å². The van der Waals surface area contributed by atoms with Crippen LogP contribution >= 0.6 is 11.8 Å². The minimum atomic E-state index is -0.0770. The van der Waals surface area contributed by atoms with Gasteiger partial charge in [0.15, 0.2) is 5.78 Å². The van der Waals surface area contributed by atoms with E-state index in [0.29, 0.717) is 12.0 Å². The number of Topliss-reactive ketones (excluding diaryl/α,β-unsaturated/α-hetero) is 2. The monoisotopic (exact) mass is 222 g/mol. The molecule has 1 rings (SSSR count). The van der Waals surface area contributed by atoms with Gasteiger partial charge in [-0.3, -0.25) is 9.59 Å². The molecule has 0 saturated carbocycles. The van der Waals surface area contributed by atoms with E-state index < -0.39 is 0 Å². The summed E-state index contributed by atoms with van der Waals surface area (Å²) >= 11 is 1.53. The van der Waals surface area contributed by atoms with E-state index in [2.05, 4.69) is 0 Å². The summed E-state index contributed by atoms with van der Waals surface area (Å²) in [6, 6.07) is 7.39. The highest BCUT2D eigenvalue weighted by Gasteiger charge is 2.13. The van der Waals surface area contributed by atoms with E-state index in [1.54, 1.807) is 13.0 Å². The van der Waals surface area contributed by atoms with Crippen LogP contribution in [0.1, 0.15) is 30.1 Å². The molecule has 0 aliphatic rings. The maximum Gasteiger partial charge on any atom is 0.171 e. The van der Waals surface area contributed by atoms with Crippen molar-refractivity contribution in [3.8, 4) is 0 Å². The molecule has 0 N–H and O–H groups in total. The van der Waals surface area contributed by atoms with Crippen molar-refractivity contribution in [2.24, 2.45) is 0 Å². The molecule has 0 aliphatic heterocycles. The molecule has 1 aromatic rings. The Hall–Kier alpha value is -1.09. The molecule has 0 unspecified atom stereocenters. The van der Waals surface area contributed by atoms with Crippen LogP contribution in [0, 0.1) is 0 Å². The topological polar surface area (TPSA) is 34.1 Å². The smallest absolute Gasteiger partial charge is 0.171 e. The SMILES string of the molecule is CCC(=O)CC(=O)c1ccccc1SC. The van der Waals surface area contributed by atoms with E-state index in [1.165, 1.54) is 11.8 Å². The fraction of sp³-hybridized carbons (Fsp3) is 0.333. The molecule has 0 spiro atoms. The average molecular weight is 222 g/mol. The zero-order chi connectivity index (χ0) is 11.3. The maximum absolute atomic E-state index is 11.8. The summed E-state index contributed by atoms with van der Waals surface area (Å²) < 4.78 is 0. The lowest BCUT2D eigenvalue weighted by Gasteiger charge is -2.04. The fourth-order valence-corrected chi connectivity index (χ4v) is 1.89. The van der Waals surface area contributed by atoms with Gasteiger partial charge in [-0.15, -0.1) is 11.8 Å². The van der Waals surface area contributed by atoms with Crippen molar-refractivity contribution < 1.29 is 9.59 Å². The number of hydrogen-bond acceptors (Lipinski definition) is 3. The molecule has 80 valence electrons. The Bertz CT molecular complexity index is 372. The van der Waals surface area contributed by atoms with Gasteiger partial charge in [0, 0.05) is 16.9 Å². The standard InChI is InChI=1S/C12H14O2S/c1-3-9(13)8-11(14)10-6-4-5-7-12(10)15-2/h4-7H,3,8H2,1-2H3. The molecular weight excluding hydrogens is 208 g/mol. The van der Waals surface area contributed by atoms with E-state index in [4.69, 9.17) is 0 Å². The fourth-order valence-electron chi connectivity index (χ4n) is 1.27. The first-order valence-electron chi connectivity index (χ1n) is 4.87. The van der Waals surface area contributed by atoms with Crippen molar-refractivity contribution >= 4 is 23.3 Å². The second kappa shape index (κ2) is 5.71. The predicted octanol–water partition coefficient (Wildman–Crippen LogP) is 2.96. The zero-order valence-corrected chi connectivity index (χ0v) is 9.76. The van der Waals surface area contributed by atoms with E-state index in [0.717, 1.165) is 4.90 Å². The Morgan fingerprint density at radius 3 is 2.53 bits per heavy atom. The second-order valence-electron chi connectivity index (χ2n) is 3.19. The van der Waals surface area contributed by atoms with Crippen LogP contribution in [0.4, 0.5) is 0 Å². The molecule has 0 amide bonds. The maximum atomic E-state index is 11.8. The largest absolute Gasteiger partial charge is 0.299 e. The van der Waals surface area contributed by atoms with Gasteiger partial charge >= 0.3 is 0 Å². The van der Waals surface area contributed by atoms with Crippen molar-refractivity contribution in [3.05, 3.63) is 29.8 Å². The van der Waals surface area contributed by atoms with Gasteiger partial charge in [0.05, 0.1) is 6.42 Å². The third kappa shape index (κ3) is 3.20. The molecule has 0 saturated heterocycles. The minimum absolute atomic E-state index is 0.00379. The summed E-state index contributed by atoms with van der Waals surface area (Å²) in [7, 11) is 0. The highest BCUT2D eigenvalue weighted by molar-refractivity contribution is 7.98. The lowest BCUT2D eigenvalue weighted by Crippen LogP contribution is -2.07. The van der Waals surface area contributed by atoms with Crippen LogP contribution in [-0.4, -0.2) is 17.8 Å². The first kappa shape index (κ1) is 12.0. The number of hydrogen-bond donors (Lipinski definition) is 0. The summed E-state index contributed by atoms with van der Waals surface area (Å²) in [5, 5.41) is 0. The quantitative estimate of drug-likeness (QED) is 0.436. The number of carbonyl (C=O) groups excluding carboxylic acids is 2. The first-order chi connectivity index (χ1) is 7.19. The van der Waals surface area contributed by atoms with Gasteiger partial charge in [-0.2, -0.15) is 0 Å². The zero-order valence-electron chi connectivity index (χ0n) is 8.95. The van der Waals surface area contributed by atoms with Gasteiger partial charge in [0.1, 0.15) is 5.78 Å². The lowest BCUT2D eigenvalue weighted by atomic mass is 10.1. The van der Waals surface area contributed by atoms with Crippen LogP contribution in [0.2, 0.25) is 0 Å². The van der Waals surface area contributed by atoms with Crippen LogP contribution in [0.25, 0.3) is 0 Å². The summed E-state index contributed by atoms with van der Waals surface area (Å²) in [5.74, 6) is -0.0808. The van der Waals surface area contributed by atoms with Gasteiger partial charge in [0.25, 0.3) is 0 Å². The van der Waals surface area contributed by atoms with E-state index in [1.807, 2.05) is 24.5 Å². The van der Waals surface area contributed by atoms with Crippen molar-refractivity contribution in [1.82, 2.24) is 0 Å². The van der Waals surface area contributed by atoms with Gasteiger partial charge in [-0.25, -0.2) is 0 Å². The van der Waals surface area contributed by atoms with Crippen LogP contribution < -0.4 is 0 Å². The molecule has 15 heavy (non-hydrogen) atoms. The molecule has 0 bridgehead atoms. The van der Waals surface area contributed by atoms with Crippen molar-refractivity contribution in [2.75, 3.05) is 6.26 Å². The van der Waals surface area contributed by atoms with Crippen LogP contribution in [0.3, 0.4) is 0 Å². The number of thioether (sulfide) groups is 1. The van der Waals surface area contributed by atoms with E-state index >= 15 is 0 Å². The molecule has 0 aromatic heterocycles. The molecule has 2 nitrogen and oxygen atoms in total. The first-order valence-corrected chi connectivity index (χ1v) is 6.09. The second-order valence-corrected chi connectivity index (χ2v) is 4.04. The molecule has 0 heterocycles. The Labute approximate surface area is 94.1 Å². The predicted molar refractivity (Wildman–Crippen MR) is 62.5 cm³/mol. The molecule has 0 radical (unpaired) electrons. The molecule has 1 aromatic carbocycles. The number of carbonyl (C=O) groups is 2. The Morgan fingerprint density at radius 2 is 1.93 bits per heavy atom. The summed E-state index contributed by atoms with van der Waals surface area (Å²) in [5.41, 5.74) is 0.659. The van der Waals surface area contributed by atoms with Gasteiger partial charge in [0.2, 0.25) is 0 Å². The number of rotatable bonds is 5. The van der Waals surface area contributed by atoms with E-state index in [-0.39, 0.29) is 18.0 Å². The summed E-state index contributed by atoms with van der Waals surface area (Å²) in [6.07, 6.45) is 2.37. The Morgan fingerprint density at radius 1 is 1.27 bits per heavy atom. The number of ketones is 2. The molecular formula is C12H14O2S. The Balaban J connectivity index is 2.86. The summed E-state index contributed by atoms with van der Waals surface area (Å²) in [6.45, 7) is 1.77. The summed E-state index contributed by atoms with van der Waals surface area (Å²) in [4.78, 5) is 23.9. The van der Waals surface area contributed by atoms with Crippen molar-refractivity contribution in [3.63, 3.8) is 0 Å². The highest BCUT2D eigenvalue weighted by atomic mass is 32.2. The molecule has 0 atom stereocenters. The van der Waals surface area contributed by atoms with Gasteiger partial charge < -0.3 is 0 Å². The third-order valence-electron chi connectivity index (χ3n) is 2.16. The van der Waals surface area contributed by atoms with Gasteiger partial charge in [-0.1, -0.05) is 25.1 Å². The lowest BCUT2D eigenvalue weighted by molar-refractivity contribution is -0.117. The normalized spacial score (nSPS) is 10.0. The van der Waals surface area contributed by atoms with E-state index in [9.17, 15) is 9.59 Å². The molecule has 3 heteroatoms. The van der Waals surface area contributed by atoms with Crippen LogP contribution in [0.15, 0.2) is 29.2 Å².